The zero-order chi connectivity index (χ0) is 25.1. The molecule has 0 aliphatic heterocycles. The zero-order valence-corrected chi connectivity index (χ0v) is 23.1. The average molecular weight is 479 g/mol. The number of imidazole rings is 1. The van der Waals surface area contributed by atoms with E-state index in [2.05, 4.69) is 36.5 Å². The minimum Gasteiger partial charge on any atom is -0.481 e. The second kappa shape index (κ2) is 26.3. The van der Waals surface area contributed by atoms with Gasteiger partial charge in [-0.3, -0.25) is 4.79 Å². The predicted octanol–water partition coefficient (Wildman–Crippen LogP) is 9.82. The van der Waals surface area contributed by atoms with Gasteiger partial charge in [0.1, 0.15) is 0 Å². The highest BCUT2D eigenvalue weighted by Crippen LogP contribution is 2.17. The number of carboxylic acids is 1. The van der Waals surface area contributed by atoms with E-state index in [4.69, 9.17) is 5.11 Å². The zero-order valence-electron chi connectivity index (χ0n) is 23.1. The van der Waals surface area contributed by atoms with Gasteiger partial charge in [-0.15, -0.1) is 0 Å². The van der Waals surface area contributed by atoms with Crippen LogP contribution in [0.4, 0.5) is 0 Å². The molecule has 1 unspecified atom stereocenters. The van der Waals surface area contributed by atoms with Gasteiger partial charge in [0.2, 0.25) is 0 Å². The van der Waals surface area contributed by atoms with Gasteiger partial charge in [0.25, 0.3) is 0 Å². The molecule has 1 aromatic rings. The Labute approximate surface area is 212 Å². The first-order valence-corrected chi connectivity index (χ1v) is 14.8. The number of aliphatic carboxylic acids is 1. The van der Waals surface area contributed by atoms with Crippen molar-refractivity contribution >= 4 is 5.97 Å². The molecule has 0 saturated carbocycles. The van der Waals surface area contributed by atoms with Gasteiger partial charge in [-0.25, -0.2) is 4.98 Å². The quantitative estimate of drug-likeness (QED) is 0.159. The summed E-state index contributed by atoms with van der Waals surface area (Å²) in [5.74, 6) is 0.175. The highest BCUT2D eigenvalue weighted by atomic mass is 16.4. The molecule has 1 aromatic heterocycles. The van der Waals surface area contributed by atoms with Crippen LogP contribution in [0.3, 0.4) is 0 Å². The SMILES string of the molecule is CCCCCCCC(CC)Cn1ccnc1.CCCCCCCCCCCCCCCC(=O)O. The normalized spacial score (nSPS) is 11.7. The molecule has 0 fully saturated rings. The van der Waals surface area contributed by atoms with Crippen molar-refractivity contribution in [2.75, 3.05) is 0 Å². The van der Waals surface area contributed by atoms with E-state index in [-0.39, 0.29) is 0 Å². The molecular weight excluding hydrogens is 420 g/mol. The number of unbranched alkanes of at least 4 members (excludes halogenated alkanes) is 16. The lowest BCUT2D eigenvalue weighted by molar-refractivity contribution is -0.137. The molecule has 4 heteroatoms. The van der Waals surface area contributed by atoms with Crippen LogP contribution < -0.4 is 0 Å². The van der Waals surface area contributed by atoms with Crippen molar-refractivity contribution in [2.45, 2.75) is 162 Å². The fourth-order valence-electron chi connectivity index (χ4n) is 4.45. The fraction of sp³-hybridized carbons (Fsp3) is 0.867. The minimum atomic E-state index is -0.655. The maximum atomic E-state index is 10.3. The molecule has 200 valence electrons. The van der Waals surface area contributed by atoms with Crippen molar-refractivity contribution in [3.63, 3.8) is 0 Å². The summed E-state index contributed by atoms with van der Waals surface area (Å²) in [4.78, 5) is 14.4. The molecule has 0 aliphatic rings. The second-order valence-electron chi connectivity index (χ2n) is 10.1. The van der Waals surface area contributed by atoms with Crippen molar-refractivity contribution in [3.8, 4) is 0 Å². The Bertz CT molecular complexity index is 516. The summed E-state index contributed by atoms with van der Waals surface area (Å²) in [7, 11) is 0. The van der Waals surface area contributed by atoms with E-state index < -0.39 is 5.97 Å². The van der Waals surface area contributed by atoms with Gasteiger partial charge < -0.3 is 9.67 Å². The third-order valence-electron chi connectivity index (χ3n) is 6.82. The average Bonchev–Trinajstić information content (AvgIpc) is 3.34. The van der Waals surface area contributed by atoms with Crippen LogP contribution in [0.2, 0.25) is 0 Å². The largest absolute Gasteiger partial charge is 0.481 e. The third-order valence-corrected chi connectivity index (χ3v) is 6.82. The van der Waals surface area contributed by atoms with Gasteiger partial charge in [0, 0.05) is 25.4 Å². The summed E-state index contributed by atoms with van der Waals surface area (Å²) in [6, 6.07) is 0. The Hall–Kier alpha value is -1.32. The molecule has 34 heavy (non-hydrogen) atoms. The van der Waals surface area contributed by atoms with Gasteiger partial charge in [-0.2, -0.15) is 0 Å². The summed E-state index contributed by atoms with van der Waals surface area (Å²) >= 11 is 0. The van der Waals surface area contributed by atoms with Crippen molar-refractivity contribution < 1.29 is 9.90 Å². The Balaban J connectivity index is 0.000000644. The van der Waals surface area contributed by atoms with Crippen LogP contribution in [-0.2, 0) is 11.3 Å². The molecule has 1 N–H and O–H groups in total. The molecule has 0 radical (unpaired) electrons. The molecule has 0 aromatic carbocycles. The molecule has 4 nitrogen and oxygen atoms in total. The molecule has 1 heterocycles. The highest BCUT2D eigenvalue weighted by molar-refractivity contribution is 5.66. The van der Waals surface area contributed by atoms with E-state index in [1.165, 1.54) is 116 Å². The van der Waals surface area contributed by atoms with Crippen LogP contribution in [-0.4, -0.2) is 20.6 Å². The lowest BCUT2D eigenvalue weighted by Gasteiger charge is -2.15. The van der Waals surface area contributed by atoms with Crippen LogP contribution >= 0.6 is 0 Å². The van der Waals surface area contributed by atoms with Crippen LogP contribution in [0, 0.1) is 5.92 Å². The van der Waals surface area contributed by atoms with E-state index in [0.29, 0.717) is 6.42 Å². The van der Waals surface area contributed by atoms with Crippen molar-refractivity contribution in [1.29, 1.82) is 0 Å². The number of rotatable bonds is 23. The van der Waals surface area contributed by atoms with Crippen LogP contribution in [0.5, 0.6) is 0 Å². The number of carboxylic acid groups (broad SMARTS) is 1. The van der Waals surface area contributed by atoms with Gasteiger partial charge in [-0.05, 0) is 18.8 Å². The van der Waals surface area contributed by atoms with Gasteiger partial charge in [-0.1, -0.05) is 136 Å². The molecule has 0 spiro atoms. The Kier molecular flexibility index (Phi) is 25.3. The third kappa shape index (κ3) is 23.8. The Morgan fingerprint density at radius 1 is 0.735 bits per heavy atom. The summed E-state index contributed by atoms with van der Waals surface area (Å²) in [5, 5.41) is 8.49. The topological polar surface area (TPSA) is 55.1 Å². The number of carbonyl (C=O) groups is 1. The first-order valence-electron chi connectivity index (χ1n) is 14.8. The van der Waals surface area contributed by atoms with Crippen LogP contribution in [0.1, 0.15) is 156 Å². The fourth-order valence-corrected chi connectivity index (χ4v) is 4.45. The monoisotopic (exact) mass is 478 g/mol. The molecular formula is C30H58N2O2. The van der Waals surface area contributed by atoms with E-state index >= 15 is 0 Å². The molecule has 1 atom stereocenters. The smallest absolute Gasteiger partial charge is 0.303 e. The van der Waals surface area contributed by atoms with E-state index in [9.17, 15) is 4.79 Å². The Morgan fingerprint density at radius 2 is 1.21 bits per heavy atom. The summed E-state index contributed by atoms with van der Waals surface area (Å²) in [6.45, 7) is 7.97. The molecule has 0 aliphatic carbocycles. The molecule has 1 rings (SSSR count). The predicted molar refractivity (Wildman–Crippen MR) is 147 cm³/mol. The van der Waals surface area contributed by atoms with Crippen LogP contribution in [0.15, 0.2) is 18.7 Å². The summed E-state index contributed by atoms with van der Waals surface area (Å²) in [6.07, 6.45) is 32.8. The number of hydrogen-bond donors (Lipinski definition) is 1. The standard InChI is InChI=1S/C16H32O2.C14H26N2/c1-2-3-4-5-6-7-8-9-10-11-12-13-14-15-16(17)18;1-3-5-6-7-8-9-14(4-2)12-16-11-10-15-13-16/h2-15H2,1H3,(H,17,18);10-11,13-14H,3-9,12H2,1-2H3. The van der Waals surface area contributed by atoms with Gasteiger partial charge in [0.05, 0.1) is 6.33 Å². The van der Waals surface area contributed by atoms with E-state index in [0.717, 1.165) is 25.3 Å². The lowest BCUT2D eigenvalue weighted by Crippen LogP contribution is -2.08. The molecule has 0 amide bonds. The maximum Gasteiger partial charge on any atom is 0.303 e. The number of hydrogen-bond acceptors (Lipinski definition) is 2. The van der Waals surface area contributed by atoms with Crippen molar-refractivity contribution in [1.82, 2.24) is 9.55 Å². The van der Waals surface area contributed by atoms with Crippen LogP contribution in [0.25, 0.3) is 0 Å². The number of aromatic nitrogens is 2. The van der Waals surface area contributed by atoms with Gasteiger partial charge in [0.15, 0.2) is 0 Å². The van der Waals surface area contributed by atoms with E-state index in [1.807, 2.05) is 12.5 Å². The lowest BCUT2D eigenvalue weighted by atomic mass is 9.98. The first-order chi connectivity index (χ1) is 16.6. The second-order valence-corrected chi connectivity index (χ2v) is 10.1. The van der Waals surface area contributed by atoms with Crippen molar-refractivity contribution in [2.24, 2.45) is 5.92 Å². The van der Waals surface area contributed by atoms with E-state index in [1.54, 1.807) is 0 Å². The Morgan fingerprint density at radius 3 is 1.62 bits per heavy atom. The summed E-state index contributed by atoms with van der Waals surface area (Å²) < 4.78 is 2.21. The molecule has 0 bridgehead atoms. The molecule has 0 saturated heterocycles. The van der Waals surface area contributed by atoms with Crippen molar-refractivity contribution in [3.05, 3.63) is 18.7 Å². The highest BCUT2D eigenvalue weighted by Gasteiger charge is 2.06. The summed E-state index contributed by atoms with van der Waals surface area (Å²) in [5.41, 5.74) is 0. The maximum absolute atomic E-state index is 10.3. The first kappa shape index (κ1) is 32.7. The minimum absolute atomic E-state index is 0.345. The van der Waals surface area contributed by atoms with Gasteiger partial charge >= 0.3 is 5.97 Å². The number of nitrogens with zero attached hydrogens (tertiary/aromatic N) is 2.